The van der Waals surface area contributed by atoms with Crippen LogP contribution in [0, 0.1) is 0 Å². The van der Waals surface area contributed by atoms with Crippen LogP contribution in [-0.2, 0) is 4.74 Å². The molecule has 0 N–H and O–H groups in total. The predicted octanol–water partition coefficient (Wildman–Crippen LogP) is 0.724. The molecule has 0 bridgehead atoms. The smallest absolute Gasteiger partial charge is 0.543 e. The first-order chi connectivity index (χ1) is 11.4. The zero-order valence-electron chi connectivity index (χ0n) is 12.6. The number of halogens is 15. The average Bonchev–Trinajstić information content (AvgIpc) is 2.42. The Morgan fingerprint density at radius 1 is 0.607 bits per heavy atom. The third kappa shape index (κ3) is 4.07. The Hall–Kier alpha value is -1.18. The summed E-state index contributed by atoms with van der Waals surface area (Å²) in [6, 6.07) is 0. The van der Waals surface area contributed by atoms with Gasteiger partial charge in [0, 0.05) is 0 Å². The molecule has 19 heteroatoms. The second-order valence-electron chi connectivity index (χ2n) is 4.61. The minimum absolute atomic E-state index is 0. The van der Waals surface area contributed by atoms with Gasteiger partial charge in [0.05, 0.1) is 6.61 Å². The van der Waals surface area contributed by atoms with Gasteiger partial charge in [0.15, 0.2) is 0 Å². The van der Waals surface area contributed by atoms with Crippen LogP contribution in [0.1, 0.15) is 0 Å². The van der Waals surface area contributed by atoms with Gasteiger partial charge < -0.3 is 14.6 Å². The van der Waals surface area contributed by atoms with Crippen LogP contribution in [0.2, 0.25) is 0 Å². The van der Waals surface area contributed by atoms with E-state index in [0.29, 0.717) is 0 Å². The summed E-state index contributed by atoms with van der Waals surface area (Å²) in [6.45, 7) is -3.42. The van der Waals surface area contributed by atoms with Crippen molar-refractivity contribution in [2.75, 3.05) is 6.61 Å². The van der Waals surface area contributed by atoms with E-state index >= 15 is 0 Å². The summed E-state index contributed by atoms with van der Waals surface area (Å²) >= 11 is 0. The van der Waals surface area contributed by atoms with E-state index in [1.165, 1.54) is 0 Å². The first-order valence-corrected chi connectivity index (χ1v) is 5.59. The molecule has 0 spiro atoms. The van der Waals surface area contributed by atoms with Crippen LogP contribution in [0.5, 0.6) is 0 Å². The summed E-state index contributed by atoms with van der Waals surface area (Å²) in [5.74, 6) is -47.7. The van der Waals surface area contributed by atoms with Crippen LogP contribution in [-0.4, -0.2) is 54.5 Å². The van der Waals surface area contributed by atoms with E-state index in [9.17, 15) is 75.8 Å². The molecule has 0 fully saturated rings. The molecule has 0 aliphatic rings. The van der Waals surface area contributed by atoms with Crippen LogP contribution in [0.4, 0.5) is 70.7 Å². The number of alkyl halides is 15. The normalized spacial score (nSPS) is 15.1. The molecule has 0 amide bonds. The fourth-order valence-electron chi connectivity index (χ4n) is 1.24. The maximum atomic E-state index is 13.0. The summed E-state index contributed by atoms with van der Waals surface area (Å²) in [5.41, 5.74) is 0. The molecule has 0 aliphatic heterocycles. The van der Waals surface area contributed by atoms with Crippen molar-refractivity contribution in [3.05, 3.63) is 0 Å². The second-order valence-corrected chi connectivity index (χ2v) is 4.61. The Kier molecular flexibility index (Phi) is 7.85. The molecule has 0 radical (unpaired) electrons. The first kappa shape index (κ1) is 29.0. The fourth-order valence-corrected chi connectivity index (χ4v) is 1.24. The van der Waals surface area contributed by atoms with E-state index in [2.05, 4.69) is 4.74 Å². The molecular formula is C9H2F15LiO3. The summed E-state index contributed by atoms with van der Waals surface area (Å²) in [7, 11) is 0. The standard InChI is InChI=1S/C9H3F15O3.Li/c10-3(11,1-27-2(25)26)4(12,13)5(14,15)6(16,17)7(18,19)8(20,21)9(22,23)24;/h1H2,(H,25,26);/q;+1/p-1. The predicted molar refractivity (Wildman–Crippen MR) is 47.1 cm³/mol. The summed E-state index contributed by atoms with van der Waals surface area (Å²) < 4.78 is 192. The van der Waals surface area contributed by atoms with Gasteiger partial charge in [-0.2, -0.15) is 65.9 Å². The number of carbonyl (C=O) groups is 1. The number of hydrogen-bond donors (Lipinski definition) is 0. The largest absolute Gasteiger partial charge is 1.00 e. The molecule has 0 aliphatic carbocycles. The fraction of sp³-hybridized carbons (Fsp3) is 0.889. The van der Waals surface area contributed by atoms with Gasteiger partial charge in [-0.25, -0.2) is 0 Å². The molecule has 0 aromatic carbocycles. The molecule has 0 aromatic heterocycles. The molecule has 0 rings (SSSR count). The Morgan fingerprint density at radius 3 is 1.18 bits per heavy atom. The second kappa shape index (κ2) is 7.57. The third-order valence-corrected chi connectivity index (χ3v) is 2.76. The molecular weight excluding hydrogens is 448 g/mol. The monoisotopic (exact) mass is 450 g/mol. The molecule has 0 unspecified atom stereocenters. The molecule has 0 aromatic rings. The Bertz CT molecular complexity index is 570. The maximum absolute atomic E-state index is 13.0. The molecule has 0 atom stereocenters. The van der Waals surface area contributed by atoms with E-state index in [1.54, 1.807) is 0 Å². The minimum Gasteiger partial charge on any atom is -0.543 e. The van der Waals surface area contributed by atoms with Crippen molar-refractivity contribution in [3.8, 4) is 0 Å². The van der Waals surface area contributed by atoms with Crippen LogP contribution in [0.25, 0.3) is 0 Å². The molecule has 0 heterocycles. The zero-order chi connectivity index (χ0) is 22.5. The van der Waals surface area contributed by atoms with Gasteiger partial charge in [-0.05, 0) is 0 Å². The van der Waals surface area contributed by atoms with E-state index < -0.39 is 54.5 Å². The van der Waals surface area contributed by atoms with Gasteiger partial charge in [-0.3, -0.25) is 0 Å². The number of carboxylic acid groups (broad SMARTS) is 1. The van der Waals surface area contributed by atoms with Crippen LogP contribution >= 0.6 is 0 Å². The van der Waals surface area contributed by atoms with Crippen LogP contribution < -0.4 is 24.0 Å². The number of rotatable bonds is 7. The summed E-state index contributed by atoms with van der Waals surface area (Å²) in [4.78, 5) is 9.63. The number of hydrogen-bond acceptors (Lipinski definition) is 3. The van der Waals surface area contributed by atoms with Gasteiger partial charge in [-0.1, -0.05) is 0 Å². The molecule has 162 valence electrons. The van der Waals surface area contributed by atoms with Crippen LogP contribution in [0.3, 0.4) is 0 Å². The Balaban J connectivity index is 0. The van der Waals surface area contributed by atoms with Gasteiger partial charge >= 0.3 is 60.6 Å². The minimum atomic E-state index is -8.42. The van der Waals surface area contributed by atoms with Crippen molar-refractivity contribution in [1.82, 2.24) is 0 Å². The van der Waals surface area contributed by atoms with Crippen LogP contribution in [0.15, 0.2) is 0 Å². The third-order valence-electron chi connectivity index (χ3n) is 2.76. The molecule has 28 heavy (non-hydrogen) atoms. The SMILES string of the molecule is O=C([O-])OCC(F)(F)C(F)(F)C(F)(F)C(F)(F)C(F)(F)C(F)(F)C(F)(F)F.[Li+]. The first-order valence-electron chi connectivity index (χ1n) is 5.59. The topological polar surface area (TPSA) is 49.4 Å². The van der Waals surface area contributed by atoms with Crippen molar-refractivity contribution in [2.45, 2.75) is 41.7 Å². The number of ether oxygens (including phenoxy) is 1. The van der Waals surface area contributed by atoms with E-state index in [4.69, 9.17) is 0 Å². The average molecular weight is 450 g/mol. The quantitative estimate of drug-likeness (QED) is 0.327. The van der Waals surface area contributed by atoms with Gasteiger partial charge in [-0.15, -0.1) is 0 Å². The van der Waals surface area contributed by atoms with Crippen molar-refractivity contribution in [3.63, 3.8) is 0 Å². The van der Waals surface area contributed by atoms with E-state index in [1.807, 2.05) is 0 Å². The van der Waals surface area contributed by atoms with E-state index in [0.717, 1.165) is 0 Å². The molecule has 0 saturated heterocycles. The summed E-state index contributed by atoms with van der Waals surface area (Å²) in [5, 5.41) is 9.63. The molecule has 3 nitrogen and oxygen atoms in total. The van der Waals surface area contributed by atoms with Gasteiger partial charge in [0.1, 0.15) is 0 Å². The van der Waals surface area contributed by atoms with Crippen molar-refractivity contribution in [2.24, 2.45) is 0 Å². The van der Waals surface area contributed by atoms with Gasteiger partial charge in [0.2, 0.25) is 0 Å². The Morgan fingerprint density at radius 2 is 0.893 bits per heavy atom. The van der Waals surface area contributed by atoms with Crippen molar-refractivity contribution >= 4 is 6.16 Å². The van der Waals surface area contributed by atoms with Crippen molar-refractivity contribution < 1.29 is 99.4 Å². The van der Waals surface area contributed by atoms with Crippen molar-refractivity contribution in [1.29, 1.82) is 0 Å². The number of carbonyl (C=O) groups excluding carboxylic acids is 1. The van der Waals surface area contributed by atoms with Gasteiger partial charge in [0.25, 0.3) is 6.16 Å². The molecule has 0 saturated carbocycles. The maximum Gasteiger partial charge on any atom is 1.00 e. The van der Waals surface area contributed by atoms with E-state index in [-0.39, 0.29) is 18.9 Å². The Labute approximate surface area is 155 Å². The zero-order valence-corrected chi connectivity index (χ0v) is 12.6. The summed E-state index contributed by atoms with van der Waals surface area (Å²) in [6.07, 6.45) is -10.8.